The molecule has 3 rings (SSSR count). The highest BCUT2D eigenvalue weighted by Crippen LogP contribution is 2.29. The predicted molar refractivity (Wildman–Crippen MR) is 105 cm³/mol. The van der Waals surface area contributed by atoms with Crippen LogP contribution in [0.2, 0.25) is 5.02 Å². The van der Waals surface area contributed by atoms with Crippen LogP contribution in [0.3, 0.4) is 0 Å². The maximum atomic E-state index is 12.2. The van der Waals surface area contributed by atoms with Crippen LogP contribution in [0.1, 0.15) is 32.4 Å². The van der Waals surface area contributed by atoms with Gasteiger partial charge in [-0.15, -0.1) is 0 Å². The van der Waals surface area contributed by atoms with Crippen LogP contribution in [-0.2, 0) is 4.74 Å². The number of amides is 1. The van der Waals surface area contributed by atoms with E-state index in [-0.39, 0.29) is 18.2 Å². The van der Waals surface area contributed by atoms with Crippen LogP contribution >= 0.6 is 11.6 Å². The molecule has 1 atom stereocenters. The van der Waals surface area contributed by atoms with E-state index in [2.05, 4.69) is 10.5 Å². The van der Waals surface area contributed by atoms with Crippen molar-refractivity contribution in [1.29, 1.82) is 0 Å². The van der Waals surface area contributed by atoms with Crippen LogP contribution in [0.15, 0.2) is 47.0 Å². The van der Waals surface area contributed by atoms with Gasteiger partial charge in [-0.1, -0.05) is 23.7 Å². The fourth-order valence-corrected chi connectivity index (χ4v) is 2.74. The number of halogens is 1. The number of hydrogen-bond donors (Lipinski definition) is 2. The van der Waals surface area contributed by atoms with Gasteiger partial charge in [-0.2, -0.15) is 0 Å². The van der Waals surface area contributed by atoms with E-state index in [4.69, 9.17) is 25.6 Å². The predicted octanol–water partition coefficient (Wildman–Crippen LogP) is 4.83. The number of benzene rings is 2. The molecule has 1 aromatic heterocycles. The van der Waals surface area contributed by atoms with Crippen molar-refractivity contribution in [3.8, 4) is 11.6 Å². The molecule has 0 spiro atoms. The fraction of sp³-hybridized carbons (Fsp3) is 0.300. The van der Waals surface area contributed by atoms with Gasteiger partial charge in [-0.05, 0) is 61.8 Å². The van der Waals surface area contributed by atoms with Gasteiger partial charge in [0, 0.05) is 5.02 Å². The number of phenols is 1. The first kappa shape index (κ1) is 19.8. The molecule has 148 valence electrons. The van der Waals surface area contributed by atoms with Gasteiger partial charge in [0.15, 0.2) is 5.58 Å². The molecule has 2 N–H and O–H groups in total. The van der Waals surface area contributed by atoms with Crippen LogP contribution in [-0.4, -0.2) is 28.6 Å². The van der Waals surface area contributed by atoms with Crippen LogP contribution < -0.4 is 10.1 Å². The number of carbonyl (C=O) groups is 1. The average molecular weight is 405 g/mol. The highest BCUT2D eigenvalue weighted by atomic mass is 35.5. The number of phenolic OH excluding ortho intramolecular Hbond substituents is 1. The normalized spacial score (nSPS) is 12.6. The Balaban J connectivity index is 1.80. The minimum absolute atomic E-state index is 0.0385. The van der Waals surface area contributed by atoms with E-state index < -0.39 is 17.7 Å². The molecular formula is C20H21ClN2O5. The fourth-order valence-electron chi connectivity index (χ4n) is 2.57. The number of rotatable bonds is 5. The van der Waals surface area contributed by atoms with Gasteiger partial charge in [0.25, 0.3) is 5.88 Å². The molecule has 2 aromatic carbocycles. The zero-order chi connectivity index (χ0) is 20.3. The number of aromatic nitrogens is 1. The number of aromatic hydroxyl groups is 1. The maximum Gasteiger partial charge on any atom is 0.408 e. The summed E-state index contributed by atoms with van der Waals surface area (Å²) in [6.07, 6.45) is -0.600. The van der Waals surface area contributed by atoms with Crippen molar-refractivity contribution in [2.45, 2.75) is 32.4 Å². The summed E-state index contributed by atoms with van der Waals surface area (Å²) in [6.45, 7) is 5.37. The third-order valence-corrected chi connectivity index (χ3v) is 3.98. The lowest BCUT2D eigenvalue weighted by atomic mass is 10.1. The van der Waals surface area contributed by atoms with Crippen molar-refractivity contribution in [2.75, 3.05) is 6.61 Å². The topological polar surface area (TPSA) is 93.8 Å². The van der Waals surface area contributed by atoms with E-state index in [0.717, 1.165) is 0 Å². The second-order valence-electron chi connectivity index (χ2n) is 7.23. The molecule has 0 saturated heterocycles. The van der Waals surface area contributed by atoms with Gasteiger partial charge < -0.3 is 24.4 Å². The molecule has 1 heterocycles. The highest BCUT2D eigenvalue weighted by Gasteiger charge is 2.22. The number of carbonyl (C=O) groups excluding carboxylic acids is 1. The Kier molecular flexibility index (Phi) is 5.65. The van der Waals surface area contributed by atoms with E-state index in [1.54, 1.807) is 63.2 Å². The molecule has 7 nitrogen and oxygen atoms in total. The Morgan fingerprint density at radius 2 is 2.07 bits per heavy atom. The van der Waals surface area contributed by atoms with Crippen molar-refractivity contribution >= 4 is 28.7 Å². The summed E-state index contributed by atoms with van der Waals surface area (Å²) < 4.78 is 16.3. The summed E-state index contributed by atoms with van der Waals surface area (Å²) >= 11 is 6.03. The lowest BCUT2D eigenvalue weighted by molar-refractivity contribution is 0.0485. The molecule has 28 heavy (non-hydrogen) atoms. The zero-order valence-corrected chi connectivity index (χ0v) is 16.5. The van der Waals surface area contributed by atoms with Gasteiger partial charge in [0.2, 0.25) is 0 Å². The van der Waals surface area contributed by atoms with Crippen molar-refractivity contribution in [3.05, 3.63) is 53.1 Å². The van der Waals surface area contributed by atoms with Gasteiger partial charge in [-0.3, -0.25) is 0 Å². The van der Waals surface area contributed by atoms with Crippen LogP contribution in [0.25, 0.3) is 11.0 Å². The largest absolute Gasteiger partial charge is 0.508 e. The van der Waals surface area contributed by atoms with Crippen molar-refractivity contribution in [2.24, 2.45) is 0 Å². The molecule has 1 unspecified atom stereocenters. The van der Waals surface area contributed by atoms with Crippen LogP contribution in [0.5, 0.6) is 11.6 Å². The van der Waals surface area contributed by atoms with Crippen LogP contribution in [0.4, 0.5) is 4.79 Å². The monoisotopic (exact) mass is 404 g/mol. The lowest BCUT2D eigenvalue weighted by Gasteiger charge is -2.24. The molecule has 1 amide bonds. The molecule has 0 aliphatic rings. The summed E-state index contributed by atoms with van der Waals surface area (Å²) in [4.78, 5) is 12.2. The van der Waals surface area contributed by atoms with E-state index in [1.165, 1.54) is 0 Å². The van der Waals surface area contributed by atoms with E-state index in [0.29, 0.717) is 21.6 Å². The lowest BCUT2D eigenvalue weighted by Crippen LogP contribution is -2.37. The molecule has 0 aliphatic carbocycles. The minimum atomic E-state index is -0.645. The standard InChI is InChI=1S/C20H21ClN2O5/c1-20(2,3)27-19(25)22-16(12-5-4-6-14(24)9-12)11-26-18-15-10-13(21)7-8-17(15)28-23-18/h4-10,16,24H,11H2,1-3H3,(H,22,25). The molecule has 8 heteroatoms. The summed E-state index contributed by atoms with van der Waals surface area (Å²) in [6, 6.07) is 11.0. The van der Waals surface area contributed by atoms with Crippen molar-refractivity contribution in [1.82, 2.24) is 10.5 Å². The van der Waals surface area contributed by atoms with Gasteiger partial charge in [-0.25, -0.2) is 4.79 Å². The molecule has 3 aromatic rings. The molecule has 0 saturated carbocycles. The van der Waals surface area contributed by atoms with E-state index in [9.17, 15) is 9.90 Å². The molecular weight excluding hydrogens is 384 g/mol. The quantitative estimate of drug-likeness (QED) is 0.632. The third kappa shape index (κ3) is 5.07. The van der Waals surface area contributed by atoms with Gasteiger partial charge in [0.1, 0.15) is 18.0 Å². The van der Waals surface area contributed by atoms with Crippen molar-refractivity contribution in [3.63, 3.8) is 0 Å². The van der Waals surface area contributed by atoms with Gasteiger partial charge >= 0.3 is 6.09 Å². The first-order chi connectivity index (χ1) is 13.2. The number of fused-ring (bicyclic) bond motifs is 1. The second kappa shape index (κ2) is 7.98. The summed E-state index contributed by atoms with van der Waals surface area (Å²) in [5, 5.41) is 17.6. The average Bonchev–Trinajstić information content (AvgIpc) is 2.99. The Morgan fingerprint density at radius 3 is 2.79 bits per heavy atom. The number of nitrogens with one attached hydrogen (secondary N) is 1. The number of alkyl carbamates (subject to hydrolysis) is 1. The molecule has 0 fully saturated rings. The number of hydrogen-bond acceptors (Lipinski definition) is 6. The zero-order valence-electron chi connectivity index (χ0n) is 15.7. The Bertz CT molecular complexity index is 980. The smallest absolute Gasteiger partial charge is 0.408 e. The third-order valence-electron chi connectivity index (χ3n) is 3.75. The van der Waals surface area contributed by atoms with E-state index >= 15 is 0 Å². The minimum Gasteiger partial charge on any atom is -0.508 e. The summed E-state index contributed by atoms with van der Waals surface area (Å²) in [5.41, 5.74) is 0.540. The summed E-state index contributed by atoms with van der Waals surface area (Å²) in [7, 11) is 0. The molecule has 0 aliphatic heterocycles. The summed E-state index contributed by atoms with van der Waals surface area (Å²) in [5.74, 6) is 0.334. The van der Waals surface area contributed by atoms with Gasteiger partial charge in [0.05, 0.1) is 11.4 Å². The highest BCUT2D eigenvalue weighted by molar-refractivity contribution is 6.31. The second-order valence-corrected chi connectivity index (χ2v) is 7.67. The molecule has 0 bridgehead atoms. The van der Waals surface area contributed by atoms with E-state index in [1.807, 2.05) is 0 Å². The first-order valence-corrected chi connectivity index (χ1v) is 9.05. The number of nitrogens with zero attached hydrogens (tertiary/aromatic N) is 1. The number of ether oxygens (including phenoxy) is 2. The first-order valence-electron chi connectivity index (χ1n) is 8.67. The Labute approximate surface area is 167 Å². The Morgan fingerprint density at radius 1 is 1.29 bits per heavy atom. The SMILES string of the molecule is CC(C)(C)OC(=O)NC(COc1noc2ccc(Cl)cc12)c1cccc(O)c1. The molecule has 0 radical (unpaired) electrons. The maximum absolute atomic E-state index is 12.2. The van der Waals surface area contributed by atoms with Crippen LogP contribution in [0, 0.1) is 0 Å². The Hall–Kier alpha value is -2.93. The van der Waals surface area contributed by atoms with Crippen molar-refractivity contribution < 1.29 is 23.9 Å².